The van der Waals surface area contributed by atoms with Crippen LogP contribution in [0.4, 0.5) is 5.69 Å². The number of rotatable bonds is 3. The molecule has 0 N–H and O–H groups in total. The largest absolute Gasteiger partial charge is 0.337 e. The summed E-state index contributed by atoms with van der Waals surface area (Å²) >= 11 is 7.81. The monoisotopic (exact) mass is 406 g/mol. The lowest BCUT2D eigenvalue weighted by atomic mass is 10.1. The number of halogens is 1. The third-order valence-electron chi connectivity index (χ3n) is 4.65. The summed E-state index contributed by atoms with van der Waals surface area (Å²) in [5, 5.41) is 0.693. The van der Waals surface area contributed by atoms with Crippen molar-refractivity contribution < 1.29 is 4.79 Å². The molecule has 0 saturated heterocycles. The second-order valence-corrected chi connectivity index (χ2v) is 8.29. The van der Waals surface area contributed by atoms with E-state index in [1.54, 1.807) is 16.7 Å². The number of amides is 1. The predicted octanol–water partition coefficient (Wildman–Crippen LogP) is 6.22. The summed E-state index contributed by atoms with van der Waals surface area (Å²) in [5.74, 6) is -0.0192. The van der Waals surface area contributed by atoms with Crippen LogP contribution < -0.4 is 0 Å². The predicted molar refractivity (Wildman–Crippen MR) is 116 cm³/mol. The molecule has 0 fully saturated rings. The molecule has 0 aromatic heterocycles. The van der Waals surface area contributed by atoms with Crippen LogP contribution in [0.5, 0.6) is 0 Å². The fourth-order valence-corrected chi connectivity index (χ4v) is 4.41. The average Bonchev–Trinajstić information content (AvgIpc) is 2.83. The maximum Gasteiger partial charge on any atom is 0.253 e. The van der Waals surface area contributed by atoms with Crippen molar-refractivity contribution in [3.05, 3.63) is 88.4 Å². The molecule has 0 saturated carbocycles. The van der Waals surface area contributed by atoms with Crippen molar-refractivity contribution in [1.29, 1.82) is 0 Å². The maximum absolute atomic E-state index is 12.9. The molecule has 3 nitrogen and oxygen atoms in total. The SMILES string of the molecule is CC1=Nc2cc(C(=O)N(C)Cc3ccccc3)ccc2Sc2ccc(Cl)cc21. The van der Waals surface area contributed by atoms with Crippen LogP contribution in [-0.4, -0.2) is 23.6 Å². The lowest BCUT2D eigenvalue weighted by Crippen LogP contribution is -2.26. The Hall–Kier alpha value is -2.56. The number of carbonyl (C=O) groups is 1. The van der Waals surface area contributed by atoms with Crippen molar-refractivity contribution in [3.8, 4) is 0 Å². The highest BCUT2D eigenvalue weighted by molar-refractivity contribution is 7.99. The van der Waals surface area contributed by atoms with Gasteiger partial charge in [-0.05, 0) is 48.9 Å². The zero-order chi connectivity index (χ0) is 19.7. The van der Waals surface area contributed by atoms with Gasteiger partial charge in [0.25, 0.3) is 5.91 Å². The zero-order valence-corrected chi connectivity index (χ0v) is 17.2. The van der Waals surface area contributed by atoms with Crippen molar-refractivity contribution in [3.63, 3.8) is 0 Å². The van der Waals surface area contributed by atoms with E-state index in [-0.39, 0.29) is 5.91 Å². The summed E-state index contributed by atoms with van der Waals surface area (Å²) in [6, 6.07) is 21.6. The Morgan fingerprint density at radius 2 is 1.79 bits per heavy atom. The molecule has 1 aliphatic heterocycles. The van der Waals surface area contributed by atoms with E-state index >= 15 is 0 Å². The molecule has 0 unspecified atom stereocenters. The molecule has 0 aliphatic carbocycles. The zero-order valence-electron chi connectivity index (χ0n) is 15.6. The summed E-state index contributed by atoms with van der Waals surface area (Å²) in [6.07, 6.45) is 0. The molecule has 1 heterocycles. The van der Waals surface area contributed by atoms with Gasteiger partial charge in [-0.1, -0.05) is 53.7 Å². The van der Waals surface area contributed by atoms with E-state index in [4.69, 9.17) is 16.6 Å². The van der Waals surface area contributed by atoms with E-state index < -0.39 is 0 Å². The molecule has 0 radical (unpaired) electrons. The molecule has 0 atom stereocenters. The molecular formula is C23H19ClN2OS. The molecule has 3 aromatic rings. The van der Waals surface area contributed by atoms with Crippen molar-refractivity contribution in [2.75, 3.05) is 7.05 Å². The van der Waals surface area contributed by atoms with Gasteiger partial charge in [0.1, 0.15) is 0 Å². The number of carbonyl (C=O) groups excluding carboxylic acids is 1. The van der Waals surface area contributed by atoms with Crippen molar-refractivity contribution in [1.82, 2.24) is 4.90 Å². The van der Waals surface area contributed by atoms with Crippen molar-refractivity contribution >= 4 is 40.7 Å². The van der Waals surface area contributed by atoms with Gasteiger partial charge in [-0.2, -0.15) is 0 Å². The average molecular weight is 407 g/mol. The van der Waals surface area contributed by atoms with Crippen molar-refractivity contribution in [2.45, 2.75) is 23.3 Å². The van der Waals surface area contributed by atoms with E-state index in [9.17, 15) is 4.79 Å². The van der Waals surface area contributed by atoms with Crippen LogP contribution in [-0.2, 0) is 6.54 Å². The van der Waals surface area contributed by atoms with Crippen LogP contribution in [0.25, 0.3) is 0 Å². The molecule has 140 valence electrons. The minimum absolute atomic E-state index is 0.0192. The molecule has 5 heteroatoms. The number of nitrogens with zero attached hydrogens (tertiary/aromatic N) is 2. The fraction of sp³-hybridized carbons (Fsp3) is 0.130. The van der Waals surface area contributed by atoms with Gasteiger partial charge < -0.3 is 4.90 Å². The number of fused-ring (bicyclic) bond motifs is 2. The highest BCUT2D eigenvalue weighted by atomic mass is 35.5. The van der Waals surface area contributed by atoms with Gasteiger partial charge in [0.15, 0.2) is 0 Å². The number of hydrogen-bond donors (Lipinski definition) is 0. The summed E-state index contributed by atoms with van der Waals surface area (Å²) in [7, 11) is 1.82. The first-order valence-electron chi connectivity index (χ1n) is 8.98. The fourth-order valence-electron chi connectivity index (χ4n) is 3.21. The van der Waals surface area contributed by atoms with Crippen LogP contribution in [0, 0.1) is 0 Å². The second-order valence-electron chi connectivity index (χ2n) is 6.77. The first-order chi connectivity index (χ1) is 13.5. The van der Waals surface area contributed by atoms with Crippen molar-refractivity contribution in [2.24, 2.45) is 4.99 Å². The summed E-state index contributed by atoms with van der Waals surface area (Å²) in [6.45, 7) is 2.54. The van der Waals surface area contributed by atoms with E-state index in [2.05, 4.69) is 0 Å². The Labute approximate surface area is 174 Å². The van der Waals surface area contributed by atoms with Gasteiger partial charge in [-0.15, -0.1) is 0 Å². The van der Waals surface area contributed by atoms with Gasteiger partial charge in [0, 0.05) is 45.2 Å². The molecule has 1 aliphatic rings. The lowest BCUT2D eigenvalue weighted by Gasteiger charge is -2.18. The first-order valence-corrected chi connectivity index (χ1v) is 10.2. The number of benzene rings is 3. The molecular weight excluding hydrogens is 388 g/mol. The topological polar surface area (TPSA) is 32.7 Å². The molecule has 28 heavy (non-hydrogen) atoms. The smallest absolute Gasteiger partial charge is 0.253 e. The normalized spacial score (nSPS) is 12.5. The molecule has 4 rings (SSSR count). The first kappa shape index (κ1) is 18.8. The molecule has 0 bridgehead atoms. The van der Waals surface area contributed by atoms with E-state index in [1.807, 2.05) is 80.7 Å². The van der Waals surface area contributed by atoms with Crippen LogP contribution in [0.2, 0.25) is 5.02 Å². The second kappa shape index (κ2) is 7.82. The quantitative estimate of drug-likeness (QED) is 0.517. The van der Waals surface area contributed by atoms with Crippen LogP contribution >= 0.6 is 23.4 Å². The summed E-state index contributed by atoms with van der Waals surface area (Å²) in [5.41, 5.74) is 4.48. The van der Waals surface area contributed by atoms with E-state index in [0.29, 0.717) is 17.1 Å². The van der Waals surface area contributed by atoms with Crippen LogP contribution in [0.1, 0.15) is 28.4 Å². The number of aliphatic imine (C=N–C) groups is 1. The van der Waals surface area contributed by atoms with Crippen LogP contribution in [0.15, 0.2) is 81.5 Å². The maximum atomic E-state index is 12.9. The summed E-state index contributed by atoms with van der Waals surface area (Å²) in [4.78, 5) is 21.6. The third-order valence-corrected chi connectivity index (χ3v) is 6.03. The molecule has 3 aromatic carbocycles. The highest BCUT2D eigenvalue weighted by Gasteiger charge is 2.19. The standard InChI is InChI=1S/C23H19ClN2OS/c1-15-19-13-18(24)9-11-21(19)28-22-10-8-17(12-20(22)25-15)23(27)26(2)14-16-6-4-3-5-7-16/h3-13H,14H2,1-2H3. The molecule has 1 amide bonds. The highest BCUT2D eigenvalue weighted by Crippen LogP contribution is 2.41. The Morgan fingerprint density at radius 1 is 1.04 bits per heavy atom. The van der Waals surface area contributed by atoms with Gasteiger partial charge in [-0.25, -0.2) is 0 Å². The minimum atomic E-state index is -0.0192. The van der Waals surface area contributed by atoms with Gasteiger partial charge >= 0.3 is 0 Å². The van der Waals surface area contributed by atoms with E-state index in [0.717, 1.165) is 32.3 Å². The van der Waals surface area contributed by atoms with E-state index in [1.165, 1.54) is 0 Å². The van der Waals surface area contributed by atoms with Gasteiger partial charge in [0.2, 0.25) is 0 Å². The summed E-state index contributed by atoms with van der Waals surface area (Å²) < 4.78 is 0. The van der Waals surface area contributed by atoms with Crippen LogP contribution in [0.3, 0.4) is 0 Å². The Morgan fingerprint density at radius 3 is 2.57 bits per heavy atom. The van der Waals surface area contributed by atoms with Gasteiger partial charge in [0.05, 0.1) is 5.69 Å². The third kappa shape index (κ3) is 3.84. The molecule has 0 spiro atoms. The number of hydrogen-bond acceptors (Lipinski definition) is 3. The van der Waals surface area contributed by atoms with Gasteiger partial charge in [-0.3, -0.25) is 9.79 Å². The Kier molecular flexibility index (Phi) is 5.25. The lowest BCUT2D eigenvalue weighted by molar-refractivity contribution is 0.0785. The Bertz CT molecular complexity index is 1080. The minimum Gasteiger partial charge on any atom is -0.337 e. The Balaban J connectivity index is 1.63.